The minimum Gasteiger partial charge on any atom is -0.444 e. The second-order valence-electron chi connectivity index (χ2n) is 13.2. The molecule has 1 aliphatic carbocycles. The number of amides is 3. The minimum absolute atomic E-state index is 0.132. The lowest BCUT2D eigenvalue weighted by molar-refractivity contribution is -0.130. The number of thioether (sulfide) groups is 1. The number of benzene rings is 2. The molecule has 0 saturated heterocycles. The number of alkyl carbamates (subject to hydrolysis) is 1. The van der Waals surface area contributed by atoms with Crippen LogP contribution in [0, 0.1) is 0 Å². The summed E-state index contributed by atoms with van der Waals surface area (Å²) in [6, 6.07) is 16.5. The smallest absolute Gasteiger partial charge is 0.408 e. The Labute approximate surface area is 282 Å². The monoisotopic (exact) mass is 663 g/mol. The summed E-state index contributed by atoms with van der Waals surface area (Å²) in [5, 5.41) is 20.6. The lowest BCUT2D eigenvalue weighted by Crippen LogP contribution is -2.58. The summed E-state index contributed by atoms with van der Waals surface area (Å²) in [7, 11) is 0. The second-order valence-corrected chi connectivity index (χ2v) is 14.5. The third-order valence-corrected chi connectivity index (χ3v) is 9.52. The lowest BCUT2D eigenvalue weighted by atomic mass is 10.0. The van der Waals surface area contributed by atoms with Crippen molar-refractivity contribution in [3.05, 3.63) is 90.0 Å². The summed E-state index contributed by atoms with van der Waals surface area (Å²) in [6.07, 6.45) is 8.31. The van der Waals surface area contributed by atoms with Crippen molar-refractivity contribution in [2.75, 3.05) is 5.75 Å². The minimum atomic E-state index is -1.02. The van der Waals surface area contributed by atoms with E-state index in [0.29, 0.717) is 23.1 Å². The standard InChI is InChI=1S/C36H49N5O5S/c1-36(2,3)46-35(45)41-30(20-26-15-9-5-10-16-26)33(43)40-31(21-27-22-37-24-38-27)34(44)39-29(19-25-13-7-4-8-14-25)32(42)23-47-28-17-11-6-12-18-28/h4-5,7-10,13-16,22,24,28-32,42H,6,11-12,17-21,23H2,1-3H3,(H,37,38)(H,39,44)(H,40,43)(H,41,45)/t29-,30-,31-,32-/m0/s1. The molecule has 1 aromatic heterocycles. The van der Waals surface area contributed by atoms with E-state index in [0.717, 1.165) is 24.0 Å². The van der Waals surface area contributed by atoms with Gasteiger partial charge in [-0.2, -0.15) is 11.8 Å². The number of nitrogens with zero attached hydrogens (tertiary/aromatic N) is 1. The normalized spacial score (nSPS) is 16.3. The second kappa shape index (κ2) is 17.9. The van der Waals surface area contributed by atoms with Crippen molar-refractivity contribution < 1.29 is 24.2 Å². The maximum absolute atomic E-state index is 14.0. The van der Waals surface area contributed by atoms with Gasteiger partial charge in [-0.3, -0.25) is 9.59 Å². The van der Waals surface area contributed by atoms with Gasteiger partial charge in [0.25, 0.3) is 0 Å². The maximum Gasteiger partial charge on any atom is 0.408 e. The topological polar surface area (TPSA) is 145 Å². The molecule has 0 spiro atoms. The lowest BCUT2D eigenvalue weighted by Gasteiger charge is -2.29. The molecule has 1 heterocycles. The van der Waals surface area contributed by atoms with Gasteiger partial charge < -0.3 is 30.8 Å². The van der Waals surface area contributed by atoms with E-state index in [1.807, 2.05) is 60.7 Å². The first-order valence-corrected chi connectivity index (χ1v) is 17.6. The highest BCUT2D eigenvalue weighted by Crippen LogP contribution is 2.29. The molecule has 1 saturated carbocycles. The first-order valence-electron chi connectivity index (χ1n) is 16.5. The van der Waals surface area contributed by atoms with Crippen LogP contribution in [0.5, 0.6) is 0 Å². The molecule has 1 fully saturated rings. The third kappa shape index (κ3) is 12.7. The Morgan fingerprint density at radius 1 is 0.872 bits per heavy atom. The number of carbonyl (C=O) groups excluding carboxylic acids is 3. The van der Waals surface area contributed by atoms with Crippen LogP contribution in [0.1, 0.15) is 69.7 Å². The predicted molar refractivity (Wildman–Crippen MR) is 185 cm³/mol. The van der Waals surface area contributed by atoms with Crippen LogP contribution in [0.15, 0.2) is 73.2 Å². The summed E-state index contributed by atoms with van der Waals surface area (Å²) in [5.74, 6) is -0.474. The van der Waals surface area contributed by atoms with Crippen molar-refractivity contribution in [2.45, 2.75) is 107 Å². The van der Waals surface area contributed by atoms with Gasteiger partial charge in [0.2, 0.25) is 11.8 Å². The zero-order valence-corrected chi connectivity index (χ0v) is 28.4. The fourth-order valence-corrected chi connectivity index (χ4v) is 6.99. The van der Waals surface area contributed by atoms with Gasteiger partial charge >= 0.3 is 6.09 Å². The van der Waals surface area contributed by atoms with E-state index < -0.39 is 47.7 Å². The van der Waals surface area contributed by atoms with E-state index in [4.69, 9.17) is 4.74 Å². The van der Waals surface area contributed by atoms with Gasteiger partial charge in [0.1, 0.15) is 17.7 Å². The highest BCUT2D eigenvalue weighted by Gasteiger charge is 2.32. The van der Waals surface area contributed by atoms with Crippen LogP contribution in [0.2, 0.25) is 0 Å². The number of aliphatic hydroxyl groups is 1. The zero-order chi connectivity index (χ0) is 33.6. The molecular weight excluding hydrogens is 614 g/mol. The number of H-pyrrole nitrogens is 1. The highest BCUT2D eigenvalue weighted by atomic mass is 32.2. The number of rotatable bonds is 15. The number of ether oxygens (including phenoxy) is 1. The van der Waals surface area contributed by atoms with Gasteiger partial charge in [0.15, 0.2) is 0 Å². The predicted octanol–water partition coefficient (Wildman–Crippen LogP) is 4.73. The molecule has 10 nitrogen and oxygen atoms in total. The Morgan fingerprint density at radius 3 is 2.06 bits per heavy atom. The molecule has 2 aromatic carbocycles. The number of aromatic nitrogens is 2. The van der Waals surface area contributed by atoms with E-state index in [-0.39, 0.29) is 12.8 Å². The van der Waals surface area contributed by atoms with Crippen molar-refractivity contribution in [2.24, 2.45) is 0 Å². The Kier molecular flexibility index (Phi) is 13.7. The molecule has 0 aliphatic heterocycles. The van der Waals surface area contributed by atoms with E-state index >= 15 is 0 Å². The van der Waals surface area contributed by atoms with E-state index in [1.54, 1.807) is 38.7 Å². The first kappa shape index (κ1) is 36.0. The molecule has 4 atom stereocenters. The summed E-state index contributed by atoms with van der Waals surface area (Å²) < 4.78 is 5.44. The van der Waals surface area contributed by atoms with Crippen LogP contribution in [-0.2, 0) is 33.6 Å². The quantitative estimate of drug-likeness (QED) is 0.158. The van der Waals surface area contributed by atoms with Gasteiger partial charge in [-0.05, 0) is 51.2 Å². The molecule has 3 amide bonds. The fourth-order valence-electron chi connectivity index (χ4n) is 5.62. The number of nitrogens with one attached hydrogen (secondary N) is 4. The van der Waals surface area contributed by atoms with Crippen LogP contribution < -0.4 is 16.0 Å². The van der Waals surface area contributed by atoms with Gasteiger partial charge in [-0.1, -0.05) is 79.9 Å². The molecule has 0 bridgehead atoms. The zero-order valence-electron chi connectivity index (χ0n) is 27.6. The summed E-state index contributed by atoms with van der Waals surface area (Å²) in [6.45, 7) is 5.24. The fraction of sp³-hybridized carbons (Fsp3) is 0.500. The number of aliphatic hydroxyl groups excluding tert-OH is 1. The highest BCUT2D eigenvalue weighted by molar-refractivity contribution is 7.99. The largest absolute Gasteiger partial charge is 0.444 e. The first-order chi connectivity index (χ1) is 22.6. The van der Waals surface area contributed by atoms with E-state index in [2.05, 4.69) is 25.9 Å². The molecule has 0 unspecified atom stereocenters. The molecule has 4 rings (SSSR count). The maximum atomic E-state index is 14.0. The van der Waals surface area contributed by atoms with Crippen LogP contribution in [0.25, 0.3) is 0 Å². The third-order valence-electron chi connectivity index (χ3n) is 8.05. The van der Waals surface area contributed by atoms with E-state index in [9.17, 15) is 19.5 Å². The van der Waals surface area contributed by atoms with E-state index in [1.165, 1.54) is 25.6 Å². The number of carbonyl (C=O) groups is 3. The van der Waals surface area contributed by atoms with Crippen molar-refractivity contribution in [1.82, 2.24) is 25.9 Å². The number of imidazole rings is 1. The van der Waals surface area contributed by atoms with Crippen LogP contribution >= 0.6 is 11.8 Å². The van der Waals surface area contributed by atoms with Crippen LogP contribution in [0.4, 0.5) is 4.79 Å². The Hall–Kier alpha value is -3.83. The van der Waals surface area contributed by atoms with Crippen LogP contribution in [0.3, 0.4) is 0 Å². The van der Waals surface area contributed by atoms with Crippen molar-refractivity contribution in [3.8, 4) is 0 Å². The van der Waals surface area contributed by atoms with Gasteiger partial charge in [-0.25, -0.2) is 9.78 Å². The van der Waals surface area contributed by atoms with Gasteiger partial charge in [0.05, 0.1) is 18.5 Å². The van der Waals surface area contributed by atoms with Crippen LogP contribution in [-0.4, -0.2) is 73.8 Å². The molecule has 11 heteroatoms. The van der Waals surface area contributed by atoms with Crippen molar-refractivity contribution >= 4 is 29.7 Å². The van der Waals surface area contributed by atoms with Crippen molar-refractivity contribution in [1.29, 1.82) is 0 Å². The molecule has 0 radical (unpaired) electrons. The number of aromatic amines is 1. The van der Waals surface area contributed by atoms with Crippen molar-refractivity contribution in [3.63, 3.8) is 0 Å². The summed E-state index contributed by atoms with van der Waals surface area (Å²) >= 11 is 1.77. The molecule has 1 aliphatic rings. The Morgan fingerprint density at radius 2 is 1.47 bits per heavy atom. The van der Waals surface area contributed by atoms with Gasteiger partial charge in [-0.15, -0.1) is 0 Å². The average Bonchev–Trinajstić information content (AvgIpc) is 3.56. The Bertz CT molecular complexity index is 1380. The average molecular weight is 664 g/mol. The molecule has 254 valence electrons. The summed E-state index contributed by atoms with van der Waals surface area (Å²) in [4.78, 5) is 47.7. The number of hydrogen-bond donors (Lipinski definition) is 5. The van der Waals surface area contributed by atoms with Gasteiger partial charge in [0, 0.05) is 35.7 Å². The summed E-state index contributed by atoms with van der Waals surface area (Å²) in [5.41, 5.74) is 1.71. The SMILES string of the molecule is CC(C)(C)OC(=O)N[C@@H](Cc1ccccc1)C(=O)N[C@@H](Cc1cnc[nH]1)C(=O)N[C@@H](Cc1ccccc1)[C@@H](O)CSC1CCCCC1. The molecular formula is C36H49N5O5S. The molecule has 5 N–H and O–H groups in total. The molecule has 47 heavy (non-hydrogen) atoms. The molecule has 3 aromatic rings. The number of hydrogen-bond acceptors (Lipinski definition) is 7. The Balaban J connectivity index is 1.52.